The standard InChI is InChI=1S/C11H12O3/c1-7-2-4-8(5-3-7)10-6-9(12)11(13)14-10/h2-5,9-10,12H,6H2,1H3. The highest BCUT2D eigenvalue weighted by molar-refractivity contribution is 5.76. The van der Waals surface area contributed by atoms with Gasteiger partial charge in [0.25, 0.3) is 0 Å². The molecule has 1 N–H and O–H groups in total. The molecule has 1 aromatic rings. The molecule has 1 aliphatic heterocycles. The zero-order valence-corrected chi connectivity index (χ0v) is 7.93. The Bertz CT molecular complexity index is 342. The second kappa shape index (κ2) is 3.42. The van der Waals surface area contributed by atoms with Gasteiger partial charge in [-0.2, -0.15) is 0 Å². The average molecular weight is 192 g/mol. The molecule has 1 aromatic carbocycles. The first-order chi connectivity index (χ1) is 6.66. The molecule has 1 saturated heterocycles. The first-order valence-electron chi connectivity index (χ1n) is 4.62. The number of cyclic esters (lactones) is 1. The van der Waals surface area contributed by atoms with Crippen molar-refractivity contribution >= 4 is 5.97 Å². The second-order valence-corrected chi connectivity index (χ2v) is 3.59. The number of aliphatic hydroxyl groups is 1. The normalized spacial score (nSPS) is 26.3. The monoisotopic (exact) mass is 192 g/mol. The van der Waals surface area contributed by atoms with Crippen LogP contribution in [-0.4, -0.2) is 17.2 Å². The average Bonchev–Trinajstić information content (AvgIpc) is 2.48. The van der Waals surface area contributed by atoms with Crippen LogP contribution in [0.3, 0.4) is 0 Å². The predicted molar refractivity (Wildman–Crippen MR) is 50.6 cm³/mol. The van der Waals surface area contributed by atoms with Crippen LogP contribution in [0, 0.1) is 6.92 Å². The van der Waals surface area contributed by atoms with Crippen molar-refractivity contribution in [1.29, 1.82) is 0 Å². The van der Waals surface area contributed by atoms with E-state index in [1.807, 2.05) is 31.2 Å². The van der Waals surface area contributed by atoms with E-state index in [0.29, 0.717) is 6.42 Å². The summed E-state index contributed by atoms with van der Waals surface area (Å²) in [6, 6.07) is 7.78. The lowest BCUT2D eigenvalue weighted by Gasteiger charge is -2.08. The fourth-order valence-electron chi connectivity index (χ4n) is 1.55. The summed E-state index contributed by atoms with van der Waals surface area (Å²) in [6.07, 6.45) is -0.874. The molecular weight excluding hydrogens is 180 g/mol. The van der Waals surface area contributed by atoms with Crippen molar-refractivity contribution in [2.24, 2.45) is 0 Å². The first kappa shape index (κ1) is 9.21. The third kappa shape index (κ3) is 1.63. The Kier molecular flexibility index (Phi) is 2.25. The number of hydrogen-bond donors (Lipinski definition) is 1. The Morgan fingerprint density at radius 1 is 1.36 bits per heavy atom. The minimum atomic E-state index is -0.957. The van der Waals surface area contributed by atoms with Crippen LogP contribution in [0.5, 0.6) is 0 Å². The number of hydrogen-bond acceptors (Lipinski definition) is 3. The lowest BCUT2D eigenvalue weighted by molar-refractivity contribution is -0.147. The molecule has 0 bridgehead atoms. The highest BCUT2D eigenvalue weighted by atomic mass is 16.6. The molecule has 14 heavy (non-hydrogen) atoms. The number of aliphatic hydroxyl groups excluding tert-OH is 1. The summed E-state index contributed by atoms with van der Waals surface area (Å²) in [7, 11) is 0. The molecule has 0 saturated carbocycles. The van der Waals surface area contributed by atoms with Crippen molar-refractivity contribution in [3.8, 4) is 0 Å². The third-order valence-corrected chi connectivity index (χ3v) is 2.42. The zero-order chi connectivity index (χ0) is 10.1. The van der Waals surface area contributed by atoms with E-state index in [4.69, 9.17) is 4.74 Å². The summed E-state index contributed by atoms with van der Waals surface area (Å²) in [6.45, 7) is 2.00. The Hall–Kier alpha value is -1.35. The van der Waals surface area contributed by atoms with Gasteiger partial charge in [-0.05, 0) is 12.5 Å². The third-order valence-electron chi connectivity index (χ3n) is 2.42. The molecule has 0 aromatic heterocycles. The van der Waals surface area contributed by atoms with Crippen LogP contribution in [0.4, 0.5) is 0 Å². The van der Waals surface area contributed by atoms with Crippen molar-refractivity contribution in [3.05, 3.63) is 35.4 Å². The molecule has 0 aliphatic carbocycles. The highest BCUT2D eigenvalue weighted by Crippen LogP contribution is 2.29. The molecule has 3 nitrogen and oxygen atoms in total. The van der Waals surface area contributed by atoms with Crippen LogP contribution in [0.1, 0.15) is 23.7 Å². The number of esters is 1. The molecule has 3 heteroatoms. The van der Waals surface area contributed by atoms with Crippen LogP contribution >= 0.6 is 0 Å². The molecular formula is C11H12O3. The molecule has 1 heterocycles. The van der Waals surface area contributed by atoms with E-state index >= 15 is 0 Å². The fraction of sp³-hybridized carbons (Fsp3) is 0.364. The van der Waals surface area contributed by atoms with Gasteiger partial charge in [-0.3, -0.25) is 0 Å². The predicted octanol–water partition coefficient (Wildman–Crippen LogP) is 1.34. The van der Waals surface area contributed by atoms with Crippen LogP contribution < -0.4 is 0 Å². The SMILES string of the molecule is Cc1ccc(C2CC(O)C(=O)O2)cc1. The van der Waals surface area contributed by atoms with E-state index in [-0.39, 0.29) is 6.10 Å². The molecule has 0 radical (unpaired) electrons. The van der Waals surface area contributed by atoms with Gasteiger partial charge in [0.05, 0.1) is 0 Å². The van der Waals surface area contributed by atoms with Crippen molar-refractivity contribution in [2.45, 2.75) is 25.6 Å². The summed E-state index contributed by atoms with van der Waals surface area (Å²) in [4.78, 5) is 11.0. The number of ether oxygens (including phenoxy) is 1. The molecule has 74 valence electrons. The van der Waals surface area contributed by atoms with Crippen molar-refractivity contribution in [2.75, 3.05) is 0 Å². The smallest absolute Gasteiger partial charge is 0.335 e. The molecule has 1 fully saturated rings. The van der Waals surface area contributed by atoms with E-state index < -0.39 is 12.1 Å². The lowest BCUT2D eigenvalue weighted by atomic mass is 10.0. The number of rotatable bonds is 1. The maximum Gasteiger partial charge on any atom is 0.335 e. The first-order valence-corrected chi connectivity index (χ1v) is 4.62. The molecule has 2 atom stereocenters. The summed E-state index contributed by atoms with van der Waals surface area (Å²) >= 11 is 0. The van der Waals surface area contributed by atoms with E-state index in [0.717, 1.165) is 5.56 Å². The Morgan fingerprint density at radius 3 is 2.50 bits per heavy atom. The Labute approximate surface area is 82.3 Å². The van der Waals surface area contributed by atoms with Crippen molar-refractivity contribution < 1.29 is 14.6 Å². The number of carbonyl (C=O) groups is 1. The van der Waals surface area contributed by atoms with Gasteiger partial charge in [0.15, 0.2) is 6.10 Å². The zero-order valence-electron chi connectivity index (χ0n) is 7.93. The molecule has 0 spiro atoms. The summed E-state index contributed by atoms with van der Waals surface area (Å²) in [5.74, 6) is -0.518. The quantitative estimate of drug-likeness (QED) is 0.683. The van der Waals surface area contributed by atoms with Crippen LogP contribution in [0.2, 0.25) is 0 Å². The highest BCUT2D eigenvalue weighted by Gasteiger charge is 2.33. The van der Waals surface area contributed by atoms with E-state index in [1.165, 1.54) is 5.56 Å². The number of benzene rings is 1. The molecule has 2 rings (SSSR count). The summed E-state index contributed by atoms with van der Waals surface area (Å²) in [5.41, 5.74) is 2.11. The summed E-state index contributed by atoms with van der Waals surface area (Å²) in [5, 5.41) is 9.21. The maximum absolute atomic E-state index is 11.0. The van der Waals surface area contributed by atoms with Gasteiger partial charge in [-0.15, -0.1) is 0 Å². The summed E-state index contributed by atoms with van der Waals surface area (Å²) < 4.78 is 5.01. The van der Waals surface area contributed by atoms with Gasteiger partial charge in [0.2, 0.25) is 0 Å². The van der Waals surface area contributed by atoms with E-state index in [2.05, 4.69) is 0 Å². The molecule has 0 amide bonds. The van der Waals surface area contributed by atoms with Crippen molar-refractivity contribution in [1.82, 2.24) is 0 Å². The minimum Gasteiger partial charge on any atom is -0.455 e. The largest absolute Gasteiger partial charge is 0.455 e. The van der Waals surface area contributed by atoms with Gasteiger partial charge < -0.3 is 9.84 Å². The molecule has 2 unspecified atom stereocenters. The Balaban J connectivity index is 2.17. The Morgan fingerprint density at radius 2 is 2.00 bits per heavy atom. The van der Waals surface area contributed by atoms with Crippen LogP contribution in [0.25, 0.3) is 0 Å². The second-order valence-electron chi connectivity index (χ2n) is 3.59. The van der Waals surface area contributed by atoms with E-state index in [1.54, 1.807) is 0 Å². The van der Waals surface area contributed by atoms with Gasteiger partial charge in [0, 0.05) is 6.42 Å². The van der Waals surface area contributed by atoms with Gasteiger partial charge >= 0.3 is 5.97 Å². The van der Waals surface area contributed by atoms with E-state index in [9.17, 15) is 9.90 Å². The minimum absolute atomic E-state index is 0.280. The lowest BCUT2D eigenvalue weighted by Crippen LogP contribution is -2.11. The van der Waals surface area contributed by atoms with Gasteiger partial charge in [-0.25, -0.2) is 4.79 Å². The number of aryl methyl sites for hydroxylation is 1. The van der Waals surface area contributed by atoms with Crippen LogP contribution in [0.15, 0.2) is 24.3 Å². The number of carbonyl (C=O) groups excluding carboxylic acids is 1. The van der Waals surface area contributed by atoms with Gasteiger partial charge in [0.1, 0.15) is 6.10 Å². The van der Waals surface area contributed by atoms with Crippen LogP contribution in [-0.2, 0) is 9.53 Å². The molecule has 1 aliphatic rings. The van der Waals surface area contributed by atoms with Crippen molar-refractivity contribution in [3.63, 3.8) is 0 Å². The maximum atomic E-state index is 11.0. The van der Waals surface area contributed by atoms with Gasteiger partial charge in [-0.1, -0.05) is 29.8 Å². The fourth-order valence-corrected chi connectivity index (χ4v) is 1.55. The topological polar surface area (TPSA) is 46.5 Å².